The van der Waals surface area contributed by atoms with Crippen molar-refractivity contribution in [3.05, 3.63) is 28.8 Å². The number of hydrogen-bond acceptors (Lipinski definition) is 4. The summed E-state index contributed by atoms with van der Waals surface area (Å²) in [6.45, 7) is 1.79. The number of benzene rings is 1. The molecule has 1 rings (SSSR count). The fourth-order valence-corrected chi connectivity index (χ4v) is 2.83. The number of nitriles is 1. The molecule has 0 fully saturated rings. The molecule has 0 saturated heterocycles. The Balaban J connectivity index is 3.67. The van der Waals surface area contributed by atoms with Crippen LogP contribution in [-0.2, 0) is 15.6 Å². The Bertz CT molecular complexity index is 532. The molecule has 0 spiro atoms. The standard InChI is InChI=1S/C9H9ClN2O2S/c1-6-7(4-11)2-3-8(5-12)9(6)15(10,13)14/h2-3H,4,11H2,1H3. The number of nitrogens with zero attached hydrogens (tertiary/aromatic N) is 1. The lowest BCUT2D eigenvalue weighted by molar-refractivity contribution is 0.608. The summed E-state index contributed by atoms with van der Waals surface area (Å²) in [5.41, 5.74) is 6.57. The molecule has 0 atom stereocenters. The van der Waals surface area contributed by atoms with Crippen molar-refractivity contribution in [3.8, 4) is 6.07 Å². The molecule has 1 aromatic rings. The van der Waals surface area contributed by atoms with E-state index in [0.717, 1.165) is 0 Å². The normalized spacial score (nSPS) is 11.1. The van der Waals surface area contributed by atoms with Gasteiger partial charge in [-0.2, -0.15) is 5.26 Å². The SMILES string of the molecule is Cc1c(CN)ccc(C#N)c1S(=O)(=O)Cl. The van der Waals surface area contributed by atoms with Crippen LogP contribution in [0.1, 0.15) is 16.7 Å². The molecule has 80 valence electrons. The lowest BCUT2D eigenvalue weighted by Gasteiger charge is -2.08. The van der Waals surface area contributed by atoms with Crippen LogP contribution in [0, 0.1) is 18.3 Å². The number of hydrogen-bond donors (Lipinski definition) is 1. The molecular formula is C9H9ClN2O2S. The largest absolute Gasteiger partial charge is 0.326 e. The zero-order valence-electron chi connectivity index (χ0n) is 7.99. The first-order valence-electron chi connectivity index (χ1n) is 4.09. The monoisotopic (exact) mass is 244 g/mol. The molecule has 0 saturated carbocycles. The second-order valence-electron chi connectivity index (χ2n) is 2.98. The highest BCUT2D eigenvalue weighted by Gasteiger charge is 2.20. The van der Waals surface area contributed by atoms with Crippen LogP contribution >= 0.6 is 10.7 Å². The van der Waals surface area contributed by atoms with E-state index in [1.165, 1.54) is 6.07 Å². The molecule has 15 heavy (non-hydrogen) atoms. The number of nitrogens with two attached hydrogens (primary N) is 1. The van der Waals surface area contributed by atoms with E-state index in [1.54, 1.807) is 19.1 Å². The maximum Gasteiger partial charge on any atom is 0.262 e. The van der Waals surface area contributed by atoms with E-state index in [1.807, 2.05) is 0 Å². The van der Waals surface area contributed by atoms with E-state index < -0.39 is 9.05 Å². The highest BCUT2D eigenvalue weighted by molar-refractivity contribution is 8.13. The maximum atomic E-state index is 11.3. The van der Waals surface area contributed by atoms with Crippen molar-refractivity contribution in [2.24, 2.45) is 5.73 Å². The van der Waals surface area contributed by atoms with Gasteiger partial charge in [0.2, 0.25) is 0 Å². The number of halogens is 1. The third-order valence-corrected chi connectivity index (χ3v) is 3.58. The van der Waals surface area contributed by atoms with Gasteiger partial charge in [0, 0.05) is 17.2 Å². The predicted octanol–water partition coefficient (Wildman–Crippen LogP) is 1.25. The summed E-state index contributed by atoms with van der Waals surface area (Å²) in [6.07, 6.45) is 0. The van der Waals surface area contributed by atoms with Gasteiger partial charge >= 0.3 is 0 Å². The second kappa shape index (κ2) is 4.19. The summed E-state index contributed by atoms with van der Waals surface area (Å²) in [5.74, 6) is 0. The van der Waals surface area contributed by atoms with Crippen LogP contribution in [0.5, 0.6) is 0 Å². The van der Waals surface area contributed by atoms with Crippen LogP contribution in [0.4, 0.5) is 0 Å². The Hall–Kier alpha value is -1.09. The minimum absolute atomic E-state index is 0.0414. The zero-order valence-corrected chi connectivity index (χ0v) is 9.56. The van der Waals surface area contributed by atoms with Crippen molar-refractivity contribution in [3.63, 3.8) is 0 Å². The van der Waals surface area contributed by atoms with Gasteiger partial charge in [-0.3, -0.25) is 0 Å². The van der Waals surface area contributed by atoms with Crippen molar-refractivity contribution in [2.45, 2.75) is 18.4 Å². The molecule has 0 bridgehead atoms. The Labute approximate surface area is 92.7 Å². The molecule has 6 heteroatoms. The van der Waals surface area contributed by atoms with Crippen LogP contribution in [0.25, 0.3) is 0 Å². The van der Waals surface area contributed by atoms with Crippen molar-refractivity contribution in [1.29, 1.82) is 5.26 Å². The zero-order chi connectivity index (χ0) is 11.6. The molecule has 4 nitrogen and oxygen atoms in total. The van der Waals surface area contributed by atoms with Gasteiger partial charge in [-0.15, -0.1) is 0 Å². The van der Waals surface area contributed by atoms with Crippen molar-refractivity contribution in [2.75, 3.05) is 0 Å². The molecule has 0 aliphatic carbocycles. The average molecular weight is 245 g/mol. The molecular weight excluding hydrogens is 236 g/mol. The van der Waals surface area contributed by atoms with Gasteiger partial charge < -0.3 is 5.73 Å². The topological polar surface area (TPSA) is 83.9 Å². The molecule has 0 unspecified atom stereocenters. The first-order valence-corrected chi connectivity index (χ1v) is 6.40. The van der Waals surface area contributed by atoms with Gasteiger partial charge in [0.05, 0.1) is 5.56 Å². The highest BCUT2D eigenvalue weighted by atomic mass is 35.7. The van der Waals surface area contributed by atoms with E-state index in [0.29, 0.717) is 11.1 Å². The van der Waals surface area contributed by atoms with Crippen LogP contribution < -0.4 is 5.73 Å². The van der Waals surface area contributed by atoms with Crippen LogP contribution in [-0.4, -0.2) is 8.42 Å². The van der Waals surface area contributed by atoms with Crippen LogP contribution in [0.3, 0.4) is 0 Å². The Morgan fingerprint density at radius 3 is 2.53 bits per heavy atom. The van der Waals surface area contributed by atoms with E-state index in [4.69, 9.17) is 21.7 Å². The first-order chi connectivity index (χ1) is 6.91. The van der Waals surface area contributed by atoms with Gasteiger partial charge in [0.1, 0.15) is 11.0 Å². The lowest BCUT2D eigenvalue weighted by Crippen LogP contribution is -2.05. The summed E-state index contributed by atoms with van der Waals surface area (Å²) >= 11 is 0. The van der Waals surface area contributed by atoms with Crippen molar-refractivity contribution >= 4 is 19.7 Å². The quantitative estimate of drug-likeness (QED) is 0.794. The van der Waals surface area contributed by atoms with Crippen LogP contribution in [0.2, 0.25) is 0 Å². The summed E-state index contributed by atoms with van der Waals surface area (Å²) in [4.78, 5) is -0.144. The van der Waals surface area contributed by atoms with Gasteiger partial charge in [-0.05, 0) is 24.1 Å². The minimum atomic E-state index is -3.91. The van der Waals surface area contributed by atoms with E-state index in [2.05, 4.69) is 0 Å². The van der Waals surface area contributed by atoms with Crippen molar-refractivity contribution < 1.29 is 8.42 Å². The Morgan fingerprint density at radius 1 is 1.53 bits per heavy atom. The summed E-state index contributed by atoms with van der Waals surface area (Å²) in [6, 6.07) is 4.82. The predicted molar refractivity (Wildman–Crippen MR) is 56.8 cm³/mol. The summed E-state index contributed by atoms with van der Waals surface area (Å²) < 4.78 is 22.6. The highest BCUT2D eigenvalue weighted by Crippen LogP contribution is 2.26. The molecule has 0 heterocycles. The molecule has 0 amide bonds. The fourth-order valence-electron chi connectivity index (χ4n) is 1.36. The van der Waals surface area contributed by atoms with Gasteiger partial charge in [0.25, 0.3) is 9.05 Å². The smallest absolute Gasteiger partial charge is 0.262 e. The van der Waals surface area contributed by atoms with Crippen molar-refractivity contribution in [1.82, 2.24) is 0 Å². The molecule has 0 aliphatic heterocycles. The van der Waals surface area contributed by atoms with E-state index in [9.17, 15) is 8.42 Å². The molecule has 0 radical (unpaired) electrons. The molecule has 1 aromatic carbocycles. The van der Waals surface area contributed by atoms with E-state index in [-0.39, 0.29) is 17.0 Å². The molecule has 2 N–H and O–H groups in total. The van der Waals surface area contributed by atoms with Gasteiger partial charge in [-0.1, -0.05) is 6.07 Å². The first kappa shape index (κ1) is 12.0. The fraction of sp³-hybridized carbons (Fsp3) is 0.222. The van der Waals surface area contributed by atoms with Gasteiger partial charge in [-0.25, -0.2) is 8.42 Å². The Morgan fingerprint density at radius 2 is 2.13 bits per heavy atom. The third kappa shape index (κ3) is 2.29. The van der Waals surface area contributed by atoms with Crippen LogP contribution in [0.15, 0.2) is 17.0 Å². The lowest BCUT2D eigenvalue weighted by atomic mass is 10.1. The third-order valence-electron chi connectivity index (χ3n) is 2.10. The summed E-state index contributed by atoms with van der Waals surface area (Å²) in [5, 5.41) is 8.77. The second-order valence-corrected chi connectivity index (χ2v) is 5.48. The summed E-state index contributed by atoms with van der Waals surface area (Å²) in [7, 11) is 1.34. The Kier molecular flexibility index (Phi) is 3.35. The average Bonchev–Trinajstić information content (AvgIpc) is 2.15. The maximum absolute atomic E-state index is 11.3. The van der Waals surface area contributed by atoms with Gasteiger partial charge in [0.15, 0.2) is 0 Å². The minimum Gasteiger partial charge on any atom is -0.326 e. The molecule has 0 aliphatic rings. The number of rotatable bonds is 2. The molecule has 0 aromatic heterocycles. The van der Waals surface area contributed by atoms with E-state index >= 15 is 0 Å².